The Balaban J connectivity index is 1.81. The molecule has 0 saturated heterocycles. The molecular weight excluding hydrogens is 378 g/mol. The highest BCUT2D eigenvalue weighted by molar-refractivity contribution is 6.16. The summed E-state index contributed by atoms with van der Waals surface area (Å²) in [7, 11) is 2.82. The number of nitrogens with one attached hydrogen (secondary N) is 1. The van der Waals surface area contributed by atoms with Crippen molar-refractivity contribution in [1.82, 2.24) is 0 Å². The maximum Gasteiger partial charge on any atom is 0.341 e. The topological polar surface area (TPSA) is 64.6 Å². The fourth-order valence-corrected chi connectivity index (χ4v) is 3.11. The molecule has 0 radical (unpaired) electrons. The predicted octanol–water partition coefficient (Wildman–Crippen LogP) is 4.69. The minimum absolute atomic E-state index is 0.0318. The van der Waals surface area contributed by atoms with Gasteiger partial charge in [-0.3, -0.25) is 4.79 Å². The van der Waals surface area contributed by atoms with Gasteiger partial charge >= 0.3 is 5.97 Å². The normalized spacial score (nSPS) is 10.9. The van der Waals surface area contributed by atoms with E-state index in [-0.39, 0.29) is 5.78 Å². The van der Waals surface area contributed by atoms with E-state index >= 15 is 0 Å². The number of anilines is 1. The fourth-order valence-electron chi connectivity index (χ4n) is 3.11. The van der Waals surface area contributed by atoms with E-state index in [0.717, 1.165) is 16.8 Å². The molecule has 3 rings (SSSR count). The molecule has 5 nitrogen and oxygen atoms in total. The maximum absolute atomic E-state index is 12.7. The first kappa shape index (κ1) is 20.9. The number of methoxy groups -OCH3 is 2. The quantitative estimate of drug-likeness (QED) is 0.257. The minimum atomic E-state index is -0.472. The van der Waals surface area contributed by atoms with Gasteiger partial charge in [0.15, 0.2) is 5.78 Å². The zero-order valence-corrected chi connectivity index (χ0v) is 16.9. The first-order chi connectivity index (χ1) is 14.6. The van der Waals surface area contributed by atoms with E-state index in [2.05, 4.69) is 5.32 Å². The molecule has 0 aromatic heterocycles. The van der Waals surface area contributed by atoms with Crippen molar-refractivity contribution < 1.29 is 19.1 Å². The lowest BCUT2D eigenvalue weighted by molar-refractivity contribution is -0.133. The molecular formula is C25H23NO4. The van der Waals surface area contributed by atoms with Crippen LogP contribution in [0.3, 0.4) is 0 Å². The van der Waals surface area contributed by atoms with Gasteiger partial charge in [0, 0.05) is 23.4 Å². The van der Waals surface area contributed by atoms with Crippen LogP contribution >= 0.6 is 0 Å². The van der Waals surface area contributed by atoms with Crippen LogP contribution in [0, 0.1) is 0 Å². The Hall–Kier alpha value is -3.86. The van der Waals surface area contributed by atoms with Crippen LogP contribution in [-0.2, 0) is 20.8 Å². The van der Waals surface area contributed by atoms with Gasteiger partial charge in [0.25, 0.3) is 0 Å². The molecule has 0 aliphatic heterocycles. The molecule has 3 aromatic rings. The smallest absolute Gasteiger partial charge is 0.341 e. The van der Waals surface area contributed by atoms with E-state index in [1.165, 1.54) is 20.5 Å². The van der Waals surface area contributed by atoms with Gasteiger partial charge in [-0.05, 0) is 23.3 Å². The van der Waals surface area contributed by atoms with Crippen LogP contribution in [0.4, 0.5) is 5.69 Å². The molecule has 0 fully saturated rings. The largest absolute Gasteiger partial charge is 0.503 e. The number of esters is 1. The highest BCUT2D eigenvalue weighted by Gasteiger charge is 2.16. The van der Waals surface area contributed by atoms with Crippen molar-refractivity contribution in [2.45, 2.75) is 6.54 Å². The van der Waals surface area contributed by atoms with Crippen molar-refractivity contribution in [3.63, 3.8) is 0 Å². The number of carbonyl (C=O) groups is 2. The molecule has 0 aliphatic carbocycles. The van der Waals surface area contributed by atoms with Gasteiger partial charge in [-0.1, -0.05) is 66.7 Å². The molecule has 1 N–H and O–H groups in total. The van der Waals surface area contributed by atoms with Gasteiger partial charge in [0.2, 0.25) is 0 Å². The summed E-state index contributed by atoms with van der Waals surface area (Å²) in [6.07, 6.45) is 1.38. The zero-order valence-electron chi connectivity index (χ0n) is 16.9. The SMILES string of the molecule is CO/C=C(/C(=O)OC)c1ccccc1CNc1cccc(C(=O)c2ccccc2)c1. The highest BCUT2D eigenvalue weighted by atomic mass is 16.5. The van der Waals surface area contributed by atoms with Crippen molar-refractivity contribution in [2.24, 2.45) is 0 Å². The molecule has 152 valence electrons. The Morgan fingerprint density at radius 1 is 0.867 bits per heavy atom. The molecule has 0 heterocycles. The third-order valence-corrected chi connectivity index (χ3v) is 4.59. The molecule has 0 unspecified atom stereocenters. The average Bonchev–Trinajstić information content (AvgIpc) is 2.81. The van der Waals surface area contributed by atoms with Crippen molar-refractivity contribution in [1.29, 1.82) is 0 Å². The van der Waals surface area contributed by atoms with E-state index in [0.29, 0.717) is 23.2 Å². The minimum Gasteiger partial charge on any atom is -0.503 e. The molecule has 0 bridgehead atoms. The Morgan fingerprint density at radius 3 is 2.30 bits per heavy atom. The lowest BCUT2D eigenvalue weighted by atomic mass is 10.00. The van der Waals surface area contributed by atoms with Crippen molar-refractivity contribution >= 4 is 23.0 Å². The standard InChI is InChI=1S/C25H23NO4/c1-29-17-23(25(28)30-2)22-14-7-6-11-20(22)16-26-21-13-8-12-19(15-21)24(27)18-9-4-3-5-10-18/h3-15,17,26H,16H2,1-2H3/b23-17+. The van der Waals surface area contributed by atoms with Crippen LogP contribution in [0.15, 0.2) is 85.1 Å². The summed E-state index contributed by atoms with van der Waals surface area (Å²) in [4.78, 5) is 24.9. The molecule has 0 saturated carbocycles. The van der Waals surface area contributed by atoms with E-state index in [9.17, 15) is 9.59 Å². The van der Waals surface area contributed by atoms with Crippen LogP contribution in [0.25, 0.3) is 5.57 Å². The molecule has 5 heteroatoms. The van der Waals surface area contributed by atoms with Gasteiger partial charge in [0.05, 0.1) is 20.5 Å². The summed E-state index contributed by atoms with van der Waals surface area (Å²) in [6.45, 7) is 0.456. The third-order valence-electron chi connectivity index (χ3n) is 4.59. The third kappa shape index (κ3) is 4.94. The van der Waals surface area contributed by atoms with E-state index < -0.39 is 5.97 Å². The summed E-state index contributed by atoms with van der Waals surface area (Å²) in [5, 5.41) is 3.33. The van der Waals surface area contributed by atoms with E-state index in [4.69, 9.17) is 9.47 Å². The van der Waals surface area contributed by atoms with Gasteiger partial charge in [-0.25, -0.2) is 4.79 Å². The van der Waals surface area contributed by atoms with Gasteiger partial charge < -0.3 is 14.8 Å². The van der Waals surface area contributed by atoms with Crippen LogP contribution in [0.1, 0.15) is 27.0 Å². The van der Waals surface area contributed by atoms with Crippen LogP contribution in [0.2, 0.25) is 0 Å². The van der Waals surface area contributed by atoms with Crippen molar-refractivity contribution in [2.75, 3.05) is 19.5 Å². The van der Waals surface area contributed by atoms with Gasteiger partial charge in [-0.2, -0.15) is 0 Å². The average molecular weight is 401 g/mol. The molecule has 0 spiro atoms. The summed E-state index contributed by atoms with van der Waals surface area (Å²) >= 11 is 0. The first-order valence-electron chi connectivity index (χ1n) is 9.47. The predicted molar refractivity (Wildman–Crippen MR) is 117 cm³/mol. The number of ether oxygens (including phenoxy) is 2. The fraction of sp³-hybridized carbons (Fsp3) is 0.120. The lowest BCUT2D eigenvalue weighted by Gasteiger charge is -2.13. The number of benzene rings is 3. The lowest BCUT2D eigenvalue weighted by Crippen LogP contribution is -2.09. The van der Waals surface area contributed by atoms with Gasteiger partial charge in [-0.15, -0.1) is 0 Å². The Morgan fingerprint density at radius 2 is 1.57 bits per heavy atom. The first-order valence-corrected chi connectivity index (χ1v) is 9.47. The number of hydrogen-bond acceptors (Lipinski definition) is 5. The second kappa shape index (κ2) is 10.1. The Labute approximate surface area is 176 Å². The van der Waals surface area contributed by atoms with Crippen LogP contribution in [0.5, 0.6) is 0 Å². The number of ketones is 1. The number of hydrogen-bond donors (Lipinski definition) is 1. The maximum atomic E-state index is 12.7. The summed E-state index contributed by atoms with van der Waals surface area (Å²) in [6, 6.07) is 24.1. The molecule has 0 atom stereocenters. The molecule has 0 amide bonds. The van der Waals surface area contributed by atoms with Crippen molar-refractivity contribution in [3.8, 4) is 0 Å². The van der Waals surface area contributed by atoms with Crippen molar-refractivity contribution in [3.05, 3.63) is 107 Å². The second-order valence-corrected chi connectivity index (χ2v) is 6.55. The van der Waals surface area contributed by atoms with Crippen LogP contribution in [-0.4, -0.2) is 26.0 Å². The van der Waals surface area contributed by atoms with E-state index in [1.807, 2.05) is 60.7 Å². The molecule has 30 heavy (non-hydrogen) atoms. The second-order valence-electron chi connectivity index (χ2n) is 6.55. The molecule has 3 aromatic carbocycles. The number of carbonyl (C=O) groups excluding carboxylic acids is 2. The Bertz CT molecular complexity index is 1060. The summed E-state index contributed by atoms with van der Waals surface area (Å²) in [5.41, 5.74) is 4.01. The van der Waals surface area contributed by atoms with E-state index in [1.54, 1.807) is 18.2 Å². The van der Waals surface area contributed by atoms with Crippen LogP contribution < -0.4 is 5.32 Å². The summed E-state index contributed by atoms with van der Waals surface area (Å²) < 4.78 is 9.94. The monoisotopic (exact) mass is 401 g/mol. The van der Waals surface area contributed by atoms with Gasteiger partial charge in [0.1, 0.15) is 5.57 Å². The Kier molecular flexibility index (Phi) is 7.00. The highest BCUT2D eigenvalue weighted by Crippen LogP contribution is 2.23. The number of rotatable bonds is 8. The zero-order chi connectivity index (χ0) is 21.3. The summed E-state index contributed by atoms with van der Waals surface area (Å²) in [5.74, 6) is -0.504. The molecule has 0 aliphatic rings.